The quantitative estimate of drug-likeness (QED) is 0.935. The van der Waals surface area contributed by atoms with Gasteiger partial charge in [0.2, 0.25) is 0 Å². The van der Waals surface area contributed by atoms with E-state index in [4.69, 9.17) is 5.26 Å². The SMILES string of the molecule is N#Cc1ccccc1Nc1cc(N2CCCCC2)ncn1. The number of rotatable bonds is 3. The highest BCUT2D eigenvalue weighted by atomic mass is 15.2. The summed E-state index contributed by atoms with van der Waals surface area (Å²) < 4.78 is 0. The van der Waals surface area contributed by atoms with E-state index in [-0.39, 0.29) is 0 Å². The summed E-state index contributed by atoms with van der Waals surface area (Å²) >= 11 is 0. The molecule has 0 saturated carbocycles. The van der Waals surface area contributed by atoms with Crippen LogP contribution in [0.2, 0.25) is 0 Å². The van der Waals surface area contributed by atoms with Crippen molar-refractivity contribution in [2.45, 2.75) is 19.3 Å². The first kappa shape index (κ1) is 13.4. The van der Waals surface area contributed by atoms with E-state index in [0.29, 0.717) is 11.4 Å². The van der Waals surface area contributed by atoms with Gasteiger partial charge in [0.25, 0.3) is 0 Å². The minimum Gasteiger partial charge on any atom is -0.356 e. The van der Waals surface area contributed by atoms with Crippen LogP contribution >= 0.6 is 0 Å². The number of nitrogens with zero attached hydrogens (tertiary/aromatic N) is 4. The van der Waals surface area contributed by atoms with Crippen LogP contribution in [0.5, 0.6) is 0 Å². The largest absolute Gasteiger partial charge is 0.356 e. The van der Waals surface area contributed by atoms with Crippen LogP contribution < -0.4 is 10.2 Å². The molecular formula is C16H17N5. The van der Waals surface area contributed by atoms with E-state index in [1.165, 1.54) is 19.3 Å². The lowest BCUT2D eigenvalue weighted by Crippen LogP contribution is -2.30. The topological polar surface area (TPSA) is 64.8 Å². The number of piperidine rings is 1. The first-order chi connectivity index (χ1) is 10.4. The van der Waals surface area contributed by atoms with Gasteiger partial charge in [0.05, 0.1) is 11.3 Å². The maximum absolute atomic E-state index is 9.12. The van der Waals surface area contributed by atoms with Crippen molar-refractivity contribution in [1.29, 1.82) is 5.26 Å². The van der Waals surface area contributed by atoms with Gasteiger partial charge in [0, 0.05) is 19.2 Å². The van der Waals surface area contributed by atoms with Gasteiger partial charge >= 0.3 is 0 Å². The monoisotopic (exact) mass is 279 g/mol. The van der Waals surface area contributed by atoms with Crippen molar-refractivity contribution in [1.82, 2.24) is 9.97 Å². The maximum Gasteiger partial charge on any atom is 0.135 e. The lowest BCUT2D eigenvalue weighted by molar-refractivity contribution is 0.573. The minimum absolute atomic E-state index is 0.607. The first-order valence-electron chi connectivity index (χ1n) is 7.20. The molecule has 5 nitrogen and oxygen atoms in total. The zero-order valence-corrected chi connectivity index (χ0v) is 11.8. The van der Waals surface area contributed by atoms with Crippen molar-refractivity contribution in [3.8, 4) is 6.07 Å². The van der Waals surface area contributed by atoms with Gasteiger partial charge in [-0.05, 0) is 31.4 Å². The van der Waals surface area contributed by atoms with E-state index in [0.717, 1.165) is 24.6 Å². The molecule has 1 aliphatic rings. The van der Waals surface area contributed by atoms with Gasteiger partial charge in [-0.2, -0.15) is 5.26 Å². The third-order valence-electron chi connectivity index (χ3n) is 3.64. The Bertz CT molecular complexity index is 656. The molecule has 0 amide bonds. The van der Waals surface area contributed by atoms with Gasteiger partial charge in [-0.1, -0.05) is 12.1 Å². The van der Waals surface area contributed by atoms with Gasteiger partial charge in [-0.25, -0.2) is 9.97 Å². The number of aromatic nitrogens is 2. The maximum atomic E-state index is 9.12. The Hall–Kier alpha value is -2.61. The van der Waals surface area contributed by atoms with E-state index >= 15 is 0 Å². The van der Waals surface area contributed by atoms with Crippen LogP contribution in [0, 0.1) is 11.3 Å². The number of anilines is 3. The number of para-hydroxylation sites is 1. The standard InChI is InChI=1S/C16H17N5/c17-11-13-6-2-3-7-14(13)20-15-10-16(19-12-18-15)21-8-4-1-5-9-21/h2-3,6-7,10,12H,1,4-5,8-9H2,(H,18,19,20). The highest BCUT2D eigenvalue weighted by Crippen LogP contribution is 2.22. The number of hydrogen-bond donors (Lipinski definition) is 1. The molecule has 1 saturated heterocycles. The van der Waals surface area contributed by atoms with Crippen LogP contribution in [0.25, 0.3) is 0 Å². The second-order valence-electron chi connectivity index (χ2n) is 5.09. The lowest BCUT2D eigenvalue weighted by atomic mass is 10.1. The van der Waals surface area contributed by atoms with E-state index in [1.54, 1.807) is 12.4 Å². The Kier molecular flexibility index (Phi) is 3.97. The predicted molar refractivity (Wildman–Crippen MR) is 82.5 cm³/mol. The highest BCUT2D eigenvalue weighted by Gasteiger charge is 2.13. The molecule has 5 heteroatoms. The minimum atomic E-state index is 0.607. The molecule has 1 aliphatic heterocycles. The molecule has 0 aliphatic carbocycles. The van der Waals surface area contributed by atoms with Crippen molar-refractivity contribution >= 4 is 17.3 Å². The zero-order chi connectivity index (χ0) is 14.5. The van der Waals surface area contributed by atoms with Crippen LogP contribution in [-0.4, -0.2) is 23.1 Å². The van der Waals surface area contributed by atoms with Crippen LogP contribution in [-0.2, 0) is 0 Å². The fourth-order valence-electron chi connectivity index (χ4n) is 2.54. The van der Waals surface area contributed by atoms with E-state index < -0.39 is 0 Å². The van der Waals surface area contributed by atoms with Crippen LogP contribution in [0.4, 0.5) is 17.3 Å². The third-order valence-corrected chi connectivity index (χ3v) is 3.64. The third kappa shape index (κ3) is 3.11. The van der Waals surface area contributed by atoms with Gasteiger partial charge in [0.15, 0.2) is 0 Å². The zero-order valence-electron chi connectivity index (χ0n) is 11.8. The molecule has 21 heavy (non-hydrogen) atoms. The summed E-state index contributed by atoms with van der Waals surface area (Å²) in [5, 5.41) is 12.3. The summed E-state index contributed by atoms with van der Waals surface area (Å²) in [5.41, 5.74) is 1.37. The average molecular weight is 279 g/mol. The molecule has 1 fully saturated rings. The van der Waals surface area contributed by atoms with Crippen molar-refractivity contribution in [2.24, 2.45) is 0 Å². The van der Waals surface area contributed by atoms with Gasteiger partial charge < -0.3 is 10.2 Å². The van der Waals surface area contributed by atoms with Gasteiger partial charge in [0.1, 0.15) is 24.0 Å². The van der Waals surface area contributed by atoms with Crippen molar-refractivity contribution in [2.75, 3.05) is 23.3 Å². The molecule has 1 aromatic carbocycles. The normalized spacial score (nSPS) is 14.5. The molecule has 2 heterocycles. The Morgan fingerprint density at radius 1 is 1.10 bits per heavy atom. The second kappa shape index (κ2) is 6.23. The first-order valence-corrected chi connectivity index (χ1v) is 7.20. The average Bonchev–Trinajstić information content (AvgIpc) is 2.56. The molecule has 106 valence electrons. The number of hydrogen-bond acceptors (Lipinski definition) is 5. The molecule has 1 aromatic heterocycles. The smallest absolute Gasteiger partial charge is 0.135 e. The molecule has 0 bridgehead atoms. The van der Waals surface area contributed by atoms with Crippen LogP contribution in [0.15, 0.2) is 36.7 Å². The molecule has 0 unspecified atom stereocenters. The fourth-order valence-corrected chi connectivity index (χ4v) is 2.54. The Morgan fingerprint density at radius 3 is 2.71 bits per heavy atom. The summed E-state index contributed by atoms with van der Waals surface area (Å²) in [6.45, 7) is 2.09. The molecule has 0 spiro atoms. The van der Waals surface area contributed by atoms with E-state index in [2.05, 4.69) is 26.3 Å². The summed E-state index contributed by atoms with van der Waals surface area (Å²) in [5.74, 6) is 1.66. The molecule has 1 N–H and O–H groups in total. The van der Waals surface area contributed by atoms with Gasteiger partial charge in [-0.15, -0.1) is 0 Å². The Labute approximate surface area is 124 Å². The summed E-state index contributed by atoms with van der Waals surface area (Å²) in [7, 11) is 0. The fraction of sp³-hybridized carbons (Fsp3) is 0.312. The van der Waals surface area contributed by atoms with Crippen molar-refractivity contribution in [3.63, 3.8) is 0 Å². The Balaban J connectivity index is 1.81. The van der Waals surface area contributed by atoms with Crippen LogP contribution in [0.3, 0.4) is 0 Å². The molecule has 3 rings (SSSR count). The lowest BCUT2D eigenvalue weighted by Gasteiger charge is -2.27. The van der Waals surface area contributed by atoms with Crippen molar-refractivity contribution < 1.29 is 0 Å². The molecule has 0 atom stereocenters. The van der Waals surface area contributed by atoms with E-state index in [1.807, 2.05) is 24.3 Å². The molecule has 2 aromatic rings. The van der Waals surface area contributed by atoms with E-state index in [9.17, 15) is 0 Å². The predicted octanol–water partition coefficient (Wildman–Crippen LogP) is 3.08. The van der Waals surface area contributed by atoms with Gasteiger partial charge in [-0.3, -0.25) is 0 Å². The highest BCUT2D eigenvalue weighted by molar-refractivity contribution is 5.65. The molecular weight excluding hydrogens is 262 g/mol. The second-order valence-corrected chi connectivity index (χ2v) is 5.09. The summed E-state index contributed by atoms with van der Waals surface area (Å²) in [6.07, 6.45) is 5.29. The summed E-state index contributed by atoms with van der Waals surface area (Å²) in [6, 6.07) is 11.5. The number of nitriles is 1. The number of benzene rings is 1. The van der Waals surface area contributed by atoms with Crippen LogP contribution in [0.1, 0.15) is 24.8 Å². The summed E-state index contributed by atoms with van der Waals surface area (Å²) in [4.78, 5) is 10.9. The molecule has 0 radical (unpaired) electrons. The van der Waals surface area contributed by atoms with Crippen molar-refractivity contribution in [3.05, 3.63) is 42.2 Å². The Morgan fingerprint density at radius 2 is 1.90 bits per heavy atom. The number of nitrogens with one attached hydrogen (secondary N) is 1.